The molecule has 0 amide bonds. The third kappa shape index (κ3) is 4.08. The number of hydrogen-bond acceptors (Lipinski definition) is 7. The van der Waals surface area contributed by atoms with E-state index in [1.54, 1.807) is 19.4 Å². The van der Waals surface area contributed by atoms with Gasteiger partial charge < -0.3 is 20.3 Å². The molecule has 36 heavy (non-hydrogen) atoms. The maximum Gasteiger partial charge on any atom is 0.153 e. The number of hydrogen-bond donors (Lipinski definition) is 2. The lowest BCUT2D eigenvalue weighted by atomic mass is 9.95. The number of benzene rings is 1. The Morgan fingerprint density at radius 1 is 1.08 bits per heavy atom. The van der Waals surface area contributed by atoms with Crippen LogP contribution in [-0.4, -0.2) is 58.4 Å². The largest absolute Gasteiger partial charge is 0.383 e. The Morgan fingerprint density at radius 2 is 1.97 bits per heavy atom. The molecule has 2 N–H and O–H groups in total. The Balaban J connectivity index is 1.33. The van der Waals surface area contributed by atoms with Crippen molar-refractivity contribution in [3.05, 3.63) is 59.4 Å². The monoisotopic (exact) mass is 487 g/mol. The number of likely N-dealkylation sites (N-methyl/N-ethyl adjacent to an activating group) is 1. The van der Waals surface area contributed by atoms with Crippen molar-refractivity contribution in [1.82, 2.24) is 24.6 Å². The average Bonchev–Trinajstić information content (AvgIpc) is 3.18. The second-order valence-corrected chi connectivity index (χ2v) is 9.67. The van der Waals surface area contributed by atoms with E-state index in [4.69, 9.17) is 9.84 Å². The highest BCUT2D eigenvalue weighted by atomic mass is 19.1. The fraction of sp³-hybridized carbons (Fsp3) is 0.370. The molecule has 2 aliphatic heterocycles. The first-order valence-corrected chi connectivity index (χ1v) is 12.4. The van der Waals surface area contributed by atoms with Crippen LogP contribution < -0.4 is 10.6 Å². The van der Waals surface area contributed by atoms with Gasteiger partial charge in [0, 0.05) is 68.3 Å². The van der Waals surface area contributed by atoms with Crippen LogP contribution in [0.3, 0.4) is 0 Å². The zero-order valence-electron chi connectivity index (χ0n) is 20.8. The van der Waals surface area contributed by atoms with Crippen LogP contribution in [-0.2, 0) is 17.7 Å². The summed E-state index contributed by atoms with van der Waals surface area (Å²) in [6.07, 6.45) is 5.21. The quantitative estimate of drug-likeness (QED) is 0.433. The first-order chi connectivity index (χ1) is 17.5. The van der Waals surface area contributed by atoms with Crippen LogP contribution in [0.1, 0.15) is 29.5 Å². The van der Waals surface area contributed by atoms with Crippen molar-refractivity contribution in [2.75, 3.05) is 44.4 Å². The van der Waals surface area contributed by atoms with Gasteiger partial charge in [0.05, 0.1) is 17.9 Å². The number of aromatic nitrogens is 4. The molecule has 4 aromatic rings. The fourth-order valence-corrected chi connectivity index (χ4v) is 5.24. The topological polar surface area (TPSA) is 80.1 Å². The second kappa shape index (κ2) is 9.15. The zero-order valence-corrected chi connectivity index (χ0v) is 20.8. The molecule has 5 heterocycles. The zero-order chi connectivity index (χ0) is 24.8. The molecule has 2 aliphatic rings. The van der Waals surface area contributed by atoms with E-state index in [-0.39, 0.29) is 11.9 Å². The van der Waals surface area contributed by atoms with Gasteiger partial charge in [0.2, 0.25) is 0 Å². The summed E-state index contributed by atoms with van der Waals surface area (Å²) in [5.41, 5.74) is 5.81. The van der Waals surface area contributed by atoms with Crippen LogP contribution >= 0.6 is 0 Å². The average molecular weight is 488 g/mol. The number of halogens is 1. The molecule has 9 heteroatoms. The number of nitrogens with one attached hydrogen (secondary N) is 2. The number of rotatable bonds is 4. The highest BCUT2D eigenvalue weighted by molar-refractivity contribution is 5.90. The van der Waals surface area contributed by atoms with Crippen molar-refractivity contribution >= 4 is 28.1 Å². The molecule has 186 valence electrons. The number of anilines is 3. The summed E-state index contributed by atoms with van der Waals surface area (Å²) in [6.45, 7) is 5.71. The van der Waals surface area contributed by atoms with Crippen LogP contribution in [0.5, 0.6) is 0 Å². The van der Waals surface area contributed by atoms with E-state index in [0.717, 1.165) is 78.3 Å². The molecule has 0 fully saturated rings. The van der Waals surface area contributed by atoms with Crippen LogP contribution in [0.15, 0.2) is 36.7 Å². The number of pyridine rings is 2. The molecule has 0 bridgehead atoms. The SMILES string of the molecule is COC1CCNc2c1ncc(-c1cc(F)c3cnc(Nc4cc5n(n4)CCN(C)CC5)cc3c1)c2C. The smallest absolute Gasteiger partial charge is 0.153 e. The van der Waals surface area contributed by atoms with E-state index < -0.39 is 0 Å². The summed E-state index contributed by atoms with van der Waals surface area (Å²) in [6, 6.07) is 7.51. The molecule has 1 aromatic carbocycles. The number of nitrogens with zero attached hydrogens (tertiary/aromatic N) is 5. The van der Waals surface area contributed by atoms with Gasteiger partial charge in [-0.1, -0.05) is 0 Å². The van der Waals surface area contributed by atoms with Crippen molar-refractivity contribution in [3.63, 3.8) is 0 Å². The molecule has 1 atom stereocenters. The van der Waals surface area contributed by atoms with Crippen LogP contribution in [0.2, 0.25) is 0 Å². The summed E-state index contributed by atoms with van der Waals surface area (Å²) >= 11 is 0. The van der Waals surface area contributed by atoms with Crippen LogP contribution in [0, 0.1) is 12.7 Å². The van der Waals surface area contributed by atoms with Crippen molar-refractivity contribution in [2.24, 2.45) is 0 Å². The Hall–Kier alpha value is -3.56. The first kappa shape index (κ1) is 22.9. The van der Waals surface area contributed by atoms with Gasteiger partial charge in [-0.25, -0.2) is 9.37 Å². The minimum absolute atomic E-state index is 0.0269. The lowest BCUT2D eigenvalue weighted by molar-refractivity contribution is 0.0928. The number of methoxy groups -OCH3 is 1. The predicted octanol–water partition coefficient (Wildman–Crippen LogP) is 4.68. The van der Waals surface area contributed by atoms with Crippen molar-refractivity contribution in [2.45, 2.75) is 32.4 Å². The minimum atomic E-state index is -0.306. The maximum absolute atomic E-state index is 15.2. The first-order valence-electron chi connectivity index (χ1n) is 12.4. The Bertz CT molecular complexity index is 1420. The van der Waals surface area contributed by atoms with E-state index in [1.165, 1.54) is 5.69 Å². The molecule has 0 spiro atoms. The van der Waals surface area contributed by atoms with E-state index in [2.05, 4.69) is 43.3 Å². The summed E-state index contributed by atoms with van der Waals surface area (Å²) in [5.74, 6) is 1.08. The van der Waals surface area contributed by atoms with Crippen molar-refractivity contribution in [1.29, 1.82) is 0 Å². The number of fused-ring (bicyclic) bond motifs is 3. The van der Waals surface area contributed by atoms with E-state index in [9.17, 15) is 0 Å². The van der Waals surface area contributed by atoms with E-state index >= 15 is 4.39 Å². The van der Waals surface area contributed by atoms with Gasteiger partial charge in [-0.2, -0.15) is 5.10 Å². The third-order valence-corrected chi connectivity index (χ3v) is 7.33. The van der Waals surface area contributed by atoms with Crippen molar-refractivity contribution in [3.8, 4) is 11.1 Å². The molecule has 6 rings (SSSR count). The molecule has 0 saturated heterocycles. The summed E-state index contributed by atoms with van der Waals surface area (Å²) < 4.78 is 22.8. The molecule has 3 aromatic heterocycles. The Kier molecular flexibility index (Phi) is 5.81. The maximum atomic E-state index is 15.2. The van der Waals surface area contributed by atoms with Crippen LogP contribution in [0.4, 0.5) is 21.7 Å². The molecule has 8 nitrogen and oxygen atoms in total. The highest BCUT2D eigenvalue weighted by Crippen LogP contribution is 2.38. The molecular weight excluding hydrogens is 457 g/mol. The summed E-state index contributed by atoms with van der Waals surface area (Å²) in [4.78, 5) is 11.4. The highest BCUT2D eigenvalue weighted by Gasteiger charge is 2.24. The molecule has 0 aliphatic carbocycles. The minimum Gasteiger partial charge on any atom is -0.383 e. The molecule has 0 saturated carbocycles. The molecule has 0 radical (unpaired) electrons. The van der Waals surface area contributed by atoms with Gasteiger partial charge >= 0.3 is 0 Å². The second-order valence-electron chi connectivity index (χ2n) is 9.67. The Morgan fingerprint density at radius 3 is 2.83 bits per heavy atom. The van der Waals surface area contributed by atoms with Gasteiger partial charge in [-0.3, -0.25) is 9.67 Å². The molecular formula is C27H30FN7O. The predicted molar refractivity (Wildman–Crippen MR) is 139 cm³/mol. The van der Waals surface area contributed by atoms with Crippen molar-refractivity contribution < 1.29 is 9.13 Å². The van der Waals surface area contributed by atoms with E-state index in [1.807, 2.05) is 25.3 Å². The van der Waals surface area contributed by atoms with Gasteiger partial charge in [0.25, 0.3) is 0 Å². The van der Waals surface area contributed by atoms with Gasteiger partial charge in [0.15, 0.2) is 5.82 Å². The summed E-state index contributed by atoms with van der Waals surface area (Å²) in [7, 11) is 3.84. The van der Waals surface area contributed by atoms with Gasteiger partial charge in [-0.05, 0) is 55.1 Å². The lowest BCUT2D eigenvalue weighted by Crippen LogP contribution is -2.21. The normalized spacial score (nSPS) is 17.8. The Labute approximate surface area is 209 Å². The number of ether oxygens (including phenoxy) is 1. The van der Waals surface area contributed by atoms with Gasteiger partial charge in [0.1, 0.15) is 17.7 Å². The third-order valence-electron chi connectivity index (χ3n) is 7.33. The van der Waals surface area contributed by atoms with Crippen LogP contribution in [0.25, 0.3) is 21.9 Å². The fourth-order valence-electron chi connectivity index (χ4n) is 5.24. The standard InChI is InChI=1S/C27H30FN7O/c1-16-20(14-31-27-23(36-3)4-6-29-26(16)27)17-10-18-12-24(30-15-21(18)22(28)11-17)32-25-13-19-5-7-34(2)8-9-35(19)33-25/h10-15,23,29H,4-9H2,1-3H3,(H,30,32,33). The van der Waals surface area contributed by atoms with Gasteiger partial charge in [-0.15, -0.1) is 0 Å². The lowest BCUT2D eigenvalue weighted by Gasteiger charge is -2.27. The van der Waals surface area contributed by atoms with E-state index in [0.29, 0.717) is 11.2 Å². The molecule has 1 unspecified atom stereocenters. The summed E-state index contributed by atoms with van der Waals surface area (Å²) in [5, 5.41) is 12.7.